The first kappa shape index (κ1) is 21.9. The summed E-state index contributed by atoms with van der Waals surface area (Å²) < 4.78 is 59.3. The molecule has 3 N–H and O–H groups in total. The number of nitrogens with two attached hydrogens (primary N) is 1. The number of hydrogen-bond donors (Lipinski definition) is 2. The fourth-order valence-corrected chi connectivity index (χ4v) is 3.70. The highest BCUT2D eigenvalue weighted by Gasteiger charge is 2.26. The average Bonchev–Trinajstić information content (AvgIpc) is 3.44. The third-order valence-corrected chi connectivity index (χ3v) is 5.23. The van der Waals surface area contributed by atoms with Crippen molar-refractivity contribution < 1.29 is 22.4 Å². The van der Waals surface area contributed by atoms with E-state index in [-0.39, 0.29) is 34.1 Å². The lowest BCUT2D eigenvalue weighted by Crippen LogP contribution is -2.12. The van der Waals surface area contributed by atoms with Crippen LogP contribution in [0.5, 0.6) is 0 Å². The van der Waals surface area contributed by atoms with Crippen LogP contribution in [0.2, 0.25) is 0 Å². The van der Waals surface area contributed by atoms with Gasteiger partial charge in [0.05, 0.1) is 11.1 Å². The molecule has 5 aromatic rings. The zero-order valence-corrected chi connectivity index (χ0v) is 17.5. The van der Waals surface area contributed by atoms with E-state index in [1.54, 1.807) is 0 Å². The van der Waals surface area contributed by atoms with Crippen LogP contribution in [0.25, 0.3) is 17.3 Å². The molecule has 5 rings (SSSR count). The first-order chi connectivity index (χ1) is 16.8. The molecule has 0 spiro atoms. The molecule has 0 atom stereocenters. The predicted molar refractivity (Wildman–Crippen MR) is 117 cm³/mol. The van der Waals surface area contributed by atoms with Crippen molar-refractivity contribution in [3.05, 3.63) is 106 Å². The fraction of sp³-hybridized carbons (Fsp3) is 0. The molecule has 0 saturated heterocycles. The number of aromatic amines is 1. The Kier molecular flexibility index (Phi) is 5.32. The van der Waals surface area contributed by atoms with Crippen LogP contribution in [-0.4, -0.2) is 35.8 Å². The molecule has 35 heavy (non-hydrogen) atoms. The standard InChI is InChI=1S/C23H13F4N7O/c24-13-3-1-4-14(25)19(13)12(9-17-30-32-33-31-17)11-7-8-18-29-23(28)21(34(18)10-11)22(35)20-15(26)5-2-6-16(20)27/h1-10H,28H2,(H,30,31,32,33)/b12-9-. The van der Waals surface area contributed by atoms with Crippen LogP contribution in [-0.2, 0) is 0 Å². The number of hydrogen-bond acceptors (Lipinski definition) is 6. The summed E-state index contributed by atoms with van der Waals surface area (Å²) in [4.78, 5) is 17.2. The molecule has 12 heteroatoms. The summed E-state index contributed by atoms with van der Waals surface area (Å²) in [5.74, 6) is -5.20. The van der Waals surface area contributed by atoms with E-state index >= 15 is 0 Å². The highest BCUT2D eigenvalue weighted by Crippen LogP contribution is 2.31. The summed E-state index contributed by atoms with van der Waals surface area (Å²) in [5, 5.41) is 13.3. The van der Waals surface area contributed by atoms with E-state index in [0.29, 0.717) is 0 Å². The number of halogens is 4. The largest absolute Gasteiger partial charge is 0.382 e. The lowest BCUT2D eigenvalue weighted by Gasteiger charge is -2.12. The second-order valence-corrected chi connectivity index (χ2v) is 7.34. The number of rotatable bonds is 5. The van der Waals surface area contributed by atoms with E-state index in [1.165, 1.54) is 34.9 Å². The SMILES string of the molecule is Nc1nc2ccc(/C(=C/c3nn[nH]n3)c3c(F)cccc3F)cn2c1C(=O)c1c(F)cccc1F. The minimum Gasteiger partial charge on any atom is -0.382 e. The molecule has 0 fully saturated rings. The fourth-order valence-electron chi connectivity index (χ4n) is 3.70. The van der Waals surface area contributed by atoms with Gasteiger partial charge < -0.3 is 5.73 Å². The number of benzene rings is 2. The molecule has 0 aliphatic rings. The lowest BCUT2D eigenvalue weighted by molar-refractivity contribution is 0.102. The van der Waals surface area contributed by atoms with E-state index in [1.807, 2.05) is 0 Å². The average molecular weight is 479 g/mol. The van der Waals surface area contributed by atoms with Crippen molar-refractivity contribution in [3.63, 3.8) is 0 Å². The maximum absolute atomic E-state index is 14.7. The number of ketones is 1. The van der Waals surface area contributed by atoms with Crippen molar-refractivity contribution in [3.8, 4) is 0 Å². The summed E-state index contributed by atoms with van der Waals surface area (Å²) in [6.45, 7) is 0. The number of carbonyl (C=O) groups is 1. The Morgan fingerprint density at radius 2 is 1.54 bits per heavy atom. The van der Waals surface area contributed by atoms with Gasteiger partial charge in [-0.3, -0.25) is 9.20 Å². The van der Waals surface area contributed by atoms with Crippen LogP contribution < -0.4 is 5.73 Å². The predicted octanol–water partition coefficient (Wildman–Crippen LogP) is 3.81. The highest BCUT2D eigenvalue weighted by atomic mass is 19.1. The topological polar surface area (TPSA) is 115 Å². The molecule has 0 saturated carbocycles. The first-order valence-electron chi connectivity index (χ1n) is 10.0. The molecule has 8 nitrogen and oxygen atoms in total. The summed E-state index contributed by atoms with van der Waals surface area (Å²) >= 11 is 0. The number of nitrogen functional groups attached to an aromatic ring is 1. The number of nitrogens with zero attached hydrogens (tertiary/aromatic N) is 5. The molecule has 0 aliphatic carbocycles. The quantitative estimate of drug-likeness (QED) is 0.293. The van der Waals surface area contributed by atoms with E-state index in [4.69, 9.17) is 5.73 Å². The van der Waals surface area contributed by atoms with Crippen LogP contribution in [0.1, 0.15) is 33.0 Å². The van der Waals surface area contributed by atoms with Crippen LogP contribution in [0.4, 0.5) is 23.4 Å². The smallest absolute Gasteiger partial charge is 0.219 e. The highest BCUT2D eigenvalue weighted by molar-refractivity contribution is 6.11. The van der Waals surface area contributed by atoms with Gasteiger partial charge in [0.25, 0.3) is 0 Å². The van der Waals surface area contributed by atoms with Gasteiger partial charge in [0, 0.05) is 11.8 Å². The van der Waals surface area contributed by atoms with Crippen LogP contribution in [0, 0.1) is 23.3 Å². The summed E-state index contributed by atoms with van der Waals surface area (Å²) in [5.41, 5.74) is 4.77. The van der Waals surface area contributed by atoms with Gasteiger partial charge in [0.15, 0.2) is 11.6 Å². The van der Waals surface area contributed by atoms with Gasteiger partial charge in [-0.2, -0.15) is 5.21 Å². The third kappa shape index (κ3) is 3.80. The van der Waals surface area contributed by atoms with Crippen molar-refractivity contribution in [1.82, 2.24) is 30.0 Å². The summed E-state index contributed by atoms with van der Waals surface area (Å²) in [6.07, 6.45) is 2.60. The molecule has 174 valence electrons. The van der Waals surface area contributed by atoms with E-state index in [9.17, 15) is 22.4 Å². The summed E-state index contributed by atoms with van der Waals surface area (Å²) in [7, 11) is 0. The molecule has 0 amide bonds. The van der Waals surface area contributed by atoms with Gasteiger partial charge in [-0.1, -0.05) is 12.1 Å². The Bertz CT molecular complexity index is 1590. The Hall–Kier alpha value is -4.87. The third-order valence-electron chi connectivity index (χ3n) is 5.23. The van der Waals surface area contributed by atoms with E-state index < -0.39 is 40.2 Å². The van der Waals surface area contributed by atoms with Crippen molar-refractivity contribution in [2.75, 3.05) is 5.73 Å². The zero-order valence-electron chi connectivity index (χ0n) is 17.5. The van der Waals surface area contributed by atoms with Gasteiger partial charge in [-0.15, -0.1) is 10.2 Å². The molecular weight excluding hydrogens is 466 g/mol. The van der Waals surface area contributed by atoms with Gasteiger partial charge in [-0.25, -0.2) is 22.5 Å². The Morgan fingerprint density at radius 3 is 2.14 bits per heavy atom. The number of aromatic nitrogens is 6. The number of nitrogens with one attached hydrogen (secondary N) is 1. The van der Waals surface area contributed by atoms with Crippen molar-refractivity contribution in [2.24, 2.45) is 0 Å². The van der Waals surface area contributed by atoms with E-state index in [2.05, 4.69) is 25.6 Å². The zero-order chi connectivity index (χ0) is 24.7. The molecule has 0 unspecified atom stereocenters. The minimum absolute atomic E-state index is 0.00615. The summed E-state index contributed by atoms with van der Waals surface area (Å²) in [6, 6.07) is 9.27. The Balaban J connectivity index is 1.74. The van der Waals surface area contributed by atoms with Crippen molar-refractivity contribution in [2.45, 2.75) is 0 Å². The number of H-pyrrole nitrogens is 1. The van der Waals surface area contributed by atoms with E-state index in [0.717, 1.165) is 30.3 Å². The Morgan fingerprint density at radius 1 is 0.914 bits per heavy atom. The maximum atomic E-state index is 14.7. The molecule has 0 aliphatic heterocycles. The van der Waals surface area contributed by atoms with Crippen molar-refractivity contribution >= 4 is 28.9 Å². The van der Waals surface area contributed by atoms with Crippen LogP contribution in [0.3, 0.4) is 0 Å². The van der Waals surface area contributed by atoms with Gasteiger partial charge in [0.2, 0.25) is 5.78 Å². The molecule has 3 aromatic heterocycles. The molecule has 0 bridgehead atoms. The number of tetrazole rings is 1. The van der Waals surface area contributed by atoms with Crippen LogP contribution >= 0.6 is 0 Å². The number of carbonyl (C=O) groups excluding carboxylic acids is 1. The maximum Gasteiger partial charge on any atom is 0.219 e. The van der Waals surface area contributed by atoms with Gasteiger partial charge in [-0.05, 0) is 53.3 Å². The molecular formula is C23H13F4N7O. The molecule has 2 aromatic carbocycles. The number of imidazole rings is 1. The van der Waals surface area contributed by atoms with Gasteiger partial charge in [0.1, 0.15) is 34.6 Å². The molecule has 3 heterocycles. The Labute approximate surface area is 193 Å². The van der Waals surface area contributed by atoms with Crippen LogP contribution in [0.15, 0.2) is 54.7 Å². The monoisotopic (exact) mass is 479 g/mol. The number of pyridine rings is 1. The number of fused-ring (bicyclic) bond motifs is 1. The number of anilines is 1. The lowest BCUT2D eigenvalue weighted by atomic mass is 9.97. The first-order valence-corrected chi connectivity index (χ1v) is 10.0. The van der Waals surface area contributed by atoms with Gasteiger partial charge >= 0.3 is 0 Å². The second kappa shape index (κ2) is 8.48. The molecule has 0 radical (unpaired) electrons. The van der Waals surface area contributed by atoms with Crippen molar-refractivity contribution in [1.29, 1.82) is 0 Å². The normalized spacial score (nSPS) is 11.8. The second-order valence-electron chi connectivity index (χ2n) is 7.34. The minimum atomic E-state index is -1.08.